The van der Waals surface area contributed by atoms with E-state index in [0.29, 0.717) is 11.8 Å². The van der Waals surface area contributed by atoms with Gasteiger partial charge in [0.1, 0.15) is 0 Å². The number of allylic oxidation sites excluding steroid dienone is 1. The van der Waals surface area contributed by atoms with E-state index in [0.717, 1.165) is 49.6 Å². The zero-order chi connectivity index (χ0) is 18.4. The number of anilines is 1. The third kappa shape index (κ3) is 5.94. The lowest BCUT2D eigenvalue weighted by Crippen LogP contribution is -2.53. The van der Waals surface area contributed by atoms with Crippen LogP contribution in [0.15, 0.2) is 27.3 Å². The van der Waals surface area contributed by atoms with Gasteiger partial charge in [-0.05, 0) is 41.6 Å². The second-order valence-electron chi connectivity index (χ2n) is 6.48. The van der Waals surface area contributed by atoms with Gasteiger partial charge in [-0.2, -0.15) is 4.98 Å². The Labute approximate surface area is 186 Å². The standard InChI is InChI=1S/C18H27BrN6O.HI/c1-20-17(21-8-7-14-5-3-4-6-14)24-9-11-25(12-10-24)18-22-13-15(19)16(23-18)26-2;/h5,13H,3-4,6-12H2,1-2H3,(H,20,21);1H. The number of ether oxygens (including phenoxy) is 1. The van der Waals surface area contributed by atoms with E-state index >= 15 is 0 Å². The van der Waals surface area contributed by atoms with E-state index in [2.05, 4.69) is 52.1 Å². The van der Waals surface area contributed by atoms with Gasteiger partial charge in [-0.25, -0.2) is 4.98 Å². The third-order valence-electron chi connectivity index (χ3n) is 4.83. The molecule has 1 N–H and O–H groups in total. The number of aromatic nitrogens is 2. The molecule has 0 aromatic carbocycles. The van der Waals surface area contributed by atoms with Gasteiger partial charge in [0, 0.05) is 39.8 Å². The summed E-state index contributed by atoms with van der Waals surface area (Å²) in [7, 11) is 3.47. The van der Waals surface area contributed by atoms with Crippen LogP contribution >= 0.6 is 39.9 Å². The zero-order valence-corrected chi connectivity index (χ0v) is 19.9. The number of aliphatic imine (C=N–C) groups is 1. The van der Waals surface area contributed by atoms with E-state index < -0.39 is 0 Å². The second-order valence-corrected chi connectivity index (χ2v) is 7.33. The van der Waals surface area contributed by atoms with Crippen LogP contribution in [0.4, 0.5) is 5.95 Å². The maximum absolute atomic E-state index is 5.27. The molecule has 2 heterocycles. The van der Waals surface area contributed by atoms with E-state index in [1.165, 1.54) is 19.3 Å². The number of piperazine rings is 1. The highest BCUT2D eigenvalue weighted by molar-refractivity contribution is 14.0. The zero-order valence-electron chi connectivity index (χ0n) is 15.9. The van der Waals surface area contributed by atoms with Crippen LogP contribution in [0.3, 0.4) is 0 Å². The molecule has 150 valence electrons. The predicted molar refractivity (Wildman–Crippen MR) is 123 cm³/mol. The summed E-state index contributed by atoms with van der Waals surface area (Å²) in [5.41, 5.74) is 1.58. The molecule has 27 heavy (non-hydrogen) atoms. The van der Waals surface area contributed by atoms with Gasteiger partial charge >= 0.3 is 0 Å². The molecular formula is C18H28BrIN6O. The van der Waals surface area contributed by atoms with Crippen LogP contribution in [0.1, 0.15) is 25.7 Å². The lowest BCUT2D eigenvalue weighted by atomic mass is 10.2. The van der Waals surface area contributed by atoms with Crippen LogP contribution in [-0.2, 0) is 0 Å². The molecule has 0 atom stereocenters. The molecule has 2 aliphatic rings. The molecule has 0 saturated carbocycles. The minimum atomic E-state index is 0. The summed E-state index contributed by atoms with van der Waals surface area (Å²) in [4.78, 5) is 17.8. The molecule has 0 spiro atoms. The van der Waals surface area contributed by atoms with E-state index in [1.54, 1.807) is 18.9 Å². The smallest absolute Gasteiger partial charge is 0.232 e. The first-order valence-corrected chi connectivity index (χ1v) is 9.95. The molecule has 1 aliphatic heterocycles. The Kier molecular flexibility index (Phi) is 9.07. The molecule has 0 bridgehead atoms. The molecular weight excluding hydrogens is 523 g/mol. The molecule has 0 radical (unpaired) electrons. The summed E-state index contributed by atoms with van der Waals surface area (Å²) >= 11 is 3.40. The Morgan fingerprint density at radius 2 is 2.11 bits per heavy atom. The molecule has 1 aliphatic carbocycles. The third-order valence-corrected chi connectivity index (χ3v) is 5.37. The van der Waals surface area contributed by atoms with Crippen LogP contribution in [0.25, 0.3) is 0 Å². The fourth-order valence-electron chi connectivity index (χ4n) is 3.39. The maximum Gasteiger partial charge on any atom is 0.232 e. The van der Waals surface area contributed by atoms with Crippen molar-refractivity contribution in [2.24, 2.45) is 4.99 Å². The minimum absolute atomic E-state index is 0. The number of nitrogens with zero attached hydrogens (tertiary/aromatic N) is 5. The molecule has 9 heteroatoms. The van der Waals surface area contributed by atoms with Crippen molar-refractivity contribution in [3.63, 3.8) is 0 Å². The lowest BCUT2D eigenvalue weighted by Gasteiger charge is -2.36. The van der Waals surface area contributed by atoms with Crippen molar-refractivity contribution in [3.8, 4) is 5.88 Å². The lowest BCUT2D eigenvalue weighted by molar-refractivity contribution is 0.366. The Morgan fingerprint density at radius 1 is 1.33 bits per heavy atom. The Balaban J connectivity index is 0.00000261. The van der Waals surface area contributed by atoms with Crippen molar-refractivity contribution in [1.82, 2.24) is 20.2 Å². The number of methoxy groups -OCH3 is 1. The first-order valence-electron chi connectivity index (χ1n) is 9.16. The van der Waals surface area contributed by atoms with Gasteiger partial charge in [0.05, 0.1) is 17.8 Å². The average Bonchev–Trinajstić information content (AvgIpc) is 3.19. The highest BCUT2D eigenvalue weighted by Gasteiger charge is 2.22. The maximum atomic E-state index is 5.27. The van der Waals surface area contributed by atoms with Gasteiger partial charge in [0.2, 0.25) is 11.8 Å². The second kappa shape index (κ2) is 11.0. The Hall–Kier alpha value is -1.10. The number of rotatable bonds is 5. The van der Waals surface area contributed by atoms with E-state index in [-0.39, 0.29) is 24.0 Å². The molecule has 3 rings (SSSR count). The number of guanidine groups is 1. The SMILES string of the molecule is CN=C(NCCC1=CCCC1)N1CCN(c2ncc(Br)c(OC)n2)CC1.I. The molecule has 0 unspecified atom stereocenters. The largest absolute Gasteiger partial charge is 0.480 e. The fraction of sp³-hybridized carbons (Fsp3) is 0.611. The van der Waals surface area contributed by atoms with Crippen LogP contribution in [-0.4, -0.2) is 67.7 Å². The van der Waals surface area contributed by atoms with E-state index in [9.17, 15) is 0 Å². The fourth-order valence-corrected chi connectivity index (χ4v) is 3.74. The molecule has 7 nitrogen and oxygen atoms in total. The number of hydrogen-bond acceptors (Lipinski definition) is 5. The molecule has 1 fully saturated rings. The van der Waals surface area contributed by atoms with Gasteiger partial charge < -0.3 is 19.9 Å². The summed E-state index contributed by atoms with van der Waals surface area (Å²) in [5.74, 6) is 2.26. The normalized spacial score (nSPS) is 17.4. The quantitative estimate of drug-likeness (QED) is 0.263. The molecule has 1 saturated heterocycles. The van der Waals surface area contributed by atoms with Crippen molar-refractivity contribution in [3.05, 3.63) is 22.3 Å². The monoisotopic (exact) mass is 550 g/mol. The topological polar surface area (TPSA) is 65.9 Å². The average molecular weight is 551 g/mol. The number of nitrogens with one attached hydrogen (secondary N) is 1. The van der Waals surface area contributed by atoms with Gasteiger partial charge in [-0.1, -0.05) is 11.6 Å². The molecule has 1 aromatic rings. The minimum Gasteiger partial charge on any atom is -0.480 e. The summed E-state index contributed by atoms with van der Waals surface area (Å²) in [6.07, 6.45) is 9.06. The summed E-state index contributed by atoms with van der Waals surface area (Å²) < 4.78 is 6.04. The van der Waals surface area contributed by atoms with E-state index in [4.69, 9.17) is 4.74 Å². The van der Waals surface area contributed by atoms with Gasteiger partial charge in [0.15, 0.2) is 5.96 Å². The van der Waals surface area contributed by atoms with Gasteiger partial charge in [-0.15, -0.1) is 24.0 Å². The number of halogens is 2. The highest BCUT2D eigenvalue weighted by Crippen LogP contribution is 2.24. The summed E-state index contributed by atoms with van der Waals surface area (Å²) in [6.45, 7) is 4.45. The van der Waals surface area contributed by atoms with Gasteiger partial charge in [0.25, 0.3) is 0 Å². The predicted octanol–water partition coefficient (Wildman–Crippen LogP) is 3.06. The highest BCUT2D eigenvalue weighted by atomic mass is 127. The van der Waals surface area contributed by atoms with Crippen molar-refractivity contribution >= 4 is 51.8 Å². The first-order chi connectivity index (χ1) is 12.7. The van der Waals surface area contributed by atoms with Crippen molar-refractivity contribution in [2.75, 3.05) is 51.8 Å². The van der Waals surface area contributed by atoms with Crippen LogP contribution in [0, 0.1) is 0 Å². The van der Waals surface area contributed by atoms with Crippen molar-refractivity contribution < 1.29 is 4.74 Å². The van der Waals surface area contributed by atoms with Gasteiger partial charge in [-0.3, -0.25) is 4.99 Å². The Bertz CT molecular complexity index is 676. The van der Waals surface area contributed by atoms with Crippen LogP contribution in [0.2, 0.25) is 0 Å². The summed E-state index contributed by atoms with van der Waals surface area (Å²) in [5, 5.41) is 3.51. The van der Waals surface area contributed by atoms with E-state index in [1.807, 2.05) is 7.05 Å². The van der Waals surface area contributed by atoms with Crippen LogP contribution < -0.4 is 15.0 Å². The van der Waals surface area contributed by atoms with Crippen molar-refractivity contribution in [1.29, 1.82) is 0 Å². The summed E-state index contributed by atoms with van der Waals surface area (Å²) in [6, 6.07) is 0. The molecule has 1 aromatic heterocycles. The molecule has 0 amide bonds. The first kappa shape index (κ1) is 22.2. The van der Waals surface area contributed by atoms with Crippen LogP contribution in [0.5, 0.6) is 5.88 Å². The Morgan fingerprint density at radius 3 is 2.74 bits per heavy atom. The van der Waals surface area contributed by atoms with Crippen molar-refractivity contribution in [2.45, 2.75) is 25.7 Å². The number of hydrogen-bond donors (Lipinski definition) is 1.